The molecule has 0 spiro atoms. The van der Waals surface area contributed by atoms with Gasteiger partial charge in [-0.25, -0.2) is 0 Å². The van der Waals surface area contributed by atoms with Gasteiger partial charge in [0.15, 0.2) is 0 Å². The predicted octanol–water partition coefficient (Wildman–Crippen LogP) is 2.80. The summed E-state index contributed by atoms with van der Waals surface area (Å²) in [5.74, 6) is 0.0537. The van der Waals surface area contributed by atoms with Crippen molar-refractivity contribution in [2.24, 2.45) is 0 Å². The summed E-state index contributed by atoms with van der Waals surface area (Å²) in [7, 11) is 0. The summed E-state index contributed by atoms with van der Waals surface area (Å²) in [5.41, 5.74) is 4.71. The molecule has 22 heavy (non-hydrogen) atoms. The van der Waals surface area contributed by atoms with Crippen LogP contribution in [0.1, 0.15) is 47.6 Å². The number of nitrogens with one attached hydrogen (secondary N) is 1. The van der Waals surface area contributed by atoms with E-state index in [1.807, 2.05) is 29.1 Å². The van der Waals surface area contributed by atoms with E-state index in [1.54, 1.807) is 6.20 Å². The number of aromatic nitrogens is 4. The molecule has 2 aliphatic carbocycles. The van der Waals surface area contributed by atoms with Crippen LogP contribution in [0.4, 0.5) is 0 Å². The minimum absolute atomic E-state index is 0.0537. The summed E-state index contributed by atoms with van der Waals surface area (Å²) in [6.45, 7) is 2.07. The number of rotatable bonds is 4. The normalized spacial score (nSPS) is 20.0. The van der Waals surface area contributed by atoms with Crippen molar-refractivity contribution in [1.29, 1.82) is 0 Å². The molecule has 0 saturated carbocycles. The van der Waals surface area contributed by atoms with Gasteiger partial charge in [-0.3, -0.25) is 14.6 Å². The second-order valence-electron chi connectivity index (χ2n) is 5.87. The number of aromatic amines is 1. The Hall–Kier alpha value is -2.43. The van der Waals surface area contributed by atoms with Crippen LogP contribution >= 0.6 is 0 Å². The molecular formula is C17H18N4O. The molecule has 0 fully saturated rings. The van der Waals surface area contributed by atoms with Crippen LogP contribution in [0.25, 0.3) is 0 Å². The van der Waals surface area contributed by atoms with Gasteiger partial charge in [0.25, 0.3) is 0 Å². The lowest BCUT2D eigenvalue weighted by Crippen LogP contribution is -2.20. The van der Waals surface area contributed by atoms with Crippen LogP contribution in [0.3, 0.4) is 0 Å². The molecule has 112 valence electrons. The van der Waals surface area contributed by atoms with Crippen molar-refractivity contribution in [3.63, 3.8) is 0 Å². The Labute approximate surface area is 128 Å². The Morgan fingerprint density at radius 2 is 2.36 bits per heavy atom. The van der Waals surface area contributed by atoms with Crippen molar-refractivity contribution in [2.45, 2.75) is 38.6 Å². The van der Waals surface area contributed by atoms with Crippen LogP contribution in [0.15, 0.2) is 41.8 Å². The van der Waals surface area contributed by atoms with Crippen LogP contribution in [-0.2, 0) is 12.8 Å². The molecule has 1 atom stereocenters. The second kappa shape index (κ2) is 5.09. The molecule has 0 aliphatic heterocycles. The van der Waals surface area contributed by atoms with Gasteiger partial charge in [-0.15, -0.1) is 0 Å². The van der Waals surface area contributed by atoms with Gasteiger partial charge in [0, 0.05) is 29.2 Å². The molecule has 2 heterocycles. The van der Waals surface area contributed by atoms with Crippen molar-refractivity contribution in [3.8, 4) is 0 Å². The van der Waals surface area contributed by atoms with Crippen LogP contribution < -0.4 is 0 Å². The maximum atomic E-state index is 12.7. The Morgan fingerprint density at radius 1 is 1.45 bits per heavy atom. The van der Waals surface area contributed by atoms with E-state index in [1.165, 1.54) is 0 Å². The Balaban J connectivity index is 1.65. The van der Waals surface area contributed by atoms with Gasteiger partial charge < -0.3 is 0 Å². The van der Waals surface area contributed by atoms with Gasteiger partial charge in [0.05, 0.1) is 6.04 Å². The summed E-state index contributed by atoms with van der Waals surface area (Å²) in [5, 5.41) is 11.7. The first-order valence-corrected chi connectivity index (χ1v) is 7.79. The topological polar surface area (TPSA) is 63.6 Å². The largest absolute Gasteiger partial charge is 0.287 e. The number of nitrogens with zero attached hydrogens (tertiary/aromatic N) is 3. The molecule has 2 aromatic rings. The zero-order chi connectivity index (χ0) is 15.1. The van der Waals surface area contributed by atoms with Gasteiger partial charge in [0.1, 0.15) is 5.69 Å². The highest BCUT2D eigenvalue weighted by Gasteiger charge is 2.30. The Bertz CT molecular complexity index is 780. The molecule has 0 bridgehead atoms. The number of H-pyrrole nitrogens is 1. The molecule has 2 aromatic heterocycles. The number of carbonyl (C=O) groups excluding carboxylic acids is 1. The Morgan fingerprint density at radius 3 is 3.05 bits per heavy atom. The lowest BCUT2D eigenvalue weighted by Gasteiger charge is -2.23. The van der Waals surface area contributed by atoms with E-state index in [2.05, 4.69) is 22.2 Å². The number of ketones is 1. The summed E-state index contributed by atoms with van der Waals surface area (Å²) >= 11 is 0. The van der Waals surface area contributed by atoms with Crippen LogP contribution in [-0.4, -0.2) is 25.8 Å². The third-order valence-corrected chi connectivity index (χ3v) is 4.66. The molecule has 0 radical (unpaired) electrons. The first-order valence-electron chi connectivity index (χ1n) is 7.79. The third-order valence-electron chi connectivity index (χ3n) is 4.66. The standard InChI is InChI=1S/C17H18N4O/c1-2-11-4-6-13(11)17(22)16-14-10-12(21-9-3-8-18-21)5-7-15(14)19-20-16/h3-4,6,8-9,12H,2,5,7,10H2,1H3,(H,19,20). The van der Waals surface area contributed by atoms with E-state index in [0.29, 0.717) is 11.7 Å². The number of aryl methyl sites for hydroxylation is 1. The van der Waals surface area contributed by atoms with Gasteiger partial charge in [0.2, 0.25) is 5.78 Å². The van der Waals surface area contributed by atoms with Crippen molar-refractivity contribution in [2.75, 3.05) is 0 Å². The zero-order valence-corrected chi connectivity index (χ0v) is 12.5. The van der Waals surface area contributed by atoms with E-state index in [9.17, 15) is 4.79 Å². The summed E-state index contributed by atoms with van der Waals surface area (Å²) < 4.78 is 1.99. The summed E-state index contributed by atoms with van der Waals surface area (Å²) in [6, 6.07) is 2.25. The fourth-order valence-electron chi connectivity index (χ4n) is 3.33. The lowest BCUT2D eigenvalue weighted by atomic mass is 9.86. The molecule has 5 heteroatoms. The van der Waals surface area contributed by atoms with Crippen molar-refractivity contribution >= 4 is 5.78 Å². The fraction of sp³-hybridized carbons (Fsp3) is 0.353. The quantitative estimate of drug-likeness (QED) is 0.882. The van der Waals surface area contributed by atoms with Gasteiger partial charge >= 0.3 is 0 Å². The molecular weight excluding hydrogens is 276 g/mol. The SMILES string of the molecule is CCC1=C(C(=O)c2n[nH]c3c2CC(n2cccn2)CC3)C=C1. The zero-order valence-electron chi connectivity index (χ0n) is 12.5. The molecule has 4 rings (SSSR count). The van der Waals surface area contributed by atoms with Crippen molar-refractivity contribution in [1.82, 2.24) is 20.0 Å². The van der Waals surface area contributed by atoms with Crippen LogP contribution in [0, 0.1) is 0 Å². The predicted molar refractivity (Wildman–Crippen MR) is 82.7 cm³/mol. The summed E-state index contributed by atoms with van der Waals surface area (Å²) in [6.07, 6.45) is 11.3. The first kappa shape index (κ1) is 13.2. The highest BCUT2D eigenvalue weighted by atomic mass is 16.1. The molecule has 0 saturated heterocycles. The van der Waals surface area contributed by atoms with Gasteiger partial charge in [-0.1, -0.05) is 19.1 Å². The second-order valence-corrected chi connectivity index (χ2v) is 5.87. The summed E-state index contributed by atoms with van der Waals surface area (Å²) in [4.78, 5) is 12.7. The minimum atomic E-state index is 0.0537. The highest BCUT2D eigenvalue weighted by molar-refractivity contribution is 6.12. The fourth-order valence-corrected chi connectivity index (χ4v) is 3.33. The van der Waals surface area contributed by atoms with Crippen molar-refractivity contribution < 1.29 is 4.79 Å². The number of allylic oxidation sites excluding steroid dienone is 4. The smallest absolute Gasteiger partial charge is 0.213 e. The van der Waals surface area contributed by atoms with E-state index in [4.69, 9.17) is 0 Å². The maximum absolute atomic E-state index is 12.7. The van der Waals surface area contributed by atoms with Crippen molar-refractivity contribution in [3.05, 3.63) is 58.7 Å². The minimum Gasteiger partial charge on any atom is -0.287 e. The van der Waals surface area contributed by atoms with E-state index in [-0.39, 0.29) is 5.78 Å². The number of hydrogen-bond acceptors (Lipinski definition) is 3. The molecule has 0 aromatic carbocycles. The monoisotopic (exact) mass is 294 g/mol. The lowest BCUT2D eigenvalue weighted by molar-refractivity contribution is 0.103. The highest BCUT2D eigenvalue weighted by Crippen LogP contribution is 2.32. The Kier molecular flexibility index (Phi) is 3.06. The number of carbonyl (C=O) groups is 1. The first-order chi connectivity index (χ1) is 10.8. The van der Waals surface area contributed by atoms with E-state index in [0.717, 1.165) is 48.1 Å². The molecule has 1 unspecified atom stereocenters. The van der Waals surface area contributed by atoms with E-state index < -0.39 is 0 Å². The van der Waals surface area contributed by atoms with Crippen LogP contribution in [0.2, 0.25) is 0 Å². The average molecular weight is 294 g/mol. The average Bonchev–Trinajstić information content (AvgIpc) is 3.15. The number of fused-ring (bicyclic) bond motifs is 1. The third kappa shape index (κ3) is 1.96. The molecule has 2 aliphatic rings. The molecule has 5 nitrogen and oxygen atoms in total. The van der Waals surface area contributed by atoms with E-state index >= 15 is 0 Å². The number of Topliss-reactive ketones (excluding diaryl/α,β-unsaturated/α-hetero) is 1. The molecule has 0 amide bonds. The van der Waals surface area contributed by atoms with Gasteiger partial charge in [-0.05, 0) is 37.3 Å². The van der Waals surface area contributed by atoms with Crippen LogP contribution in [0.5, 0.6) is 0 Å². The molecule has 1 N–H and O–H groups in total. The van der Waals surface area contributed by atoms with Gasteiger partial charge in [-0.2, -0.15) is 10.2 Å². The number of hydrogen-bond donors (Lipinski definition) is 1. The maximum Gasteiger partial charge on any atom is 0.213 e.